The summed E-state index contributed by atoms with van der Waals surface area (Å²) >= 11 is 0. The van der Waals surface area contributed by atoms with Crippen LogP contribution in [0, 0.1) is 11.2 Å². The van der Waals surface area contributed by atoms with Crippen molar-refractivity contribution in [3.63, 3.8) is 0 Å². The highest BCUT2D eigenvalue weighted by atomic mass is 19.1. The molecule has 3 atom stereocenters. The zero-order valence-electron chi connectivity index (χ0n) is 22.3. The molecule has 0 aromatic heterocycles. The Hall–Kier alpha value is -4.84. The molecule has 0 amide bonds. The summed E-state index contributed by atoms with van der Waals surface area (Å²) in [5, 5.41) is 0. The van der Waals surface area contributed by atoms with Crippen LogP contribution in [0.2, 0.25) is 0 Å². The molecule has 3 aliphatic rings. The number of hydrogen-bond donors (Lipinski definition) is 0. The van der Waals surface area contributed by atoms with E-state index in [2.05, 4.69) is 0 Å². The molecule has 2 heterocycles. The molecule has 41 heavy (non-hydrogen) atoms. The Balaban J connectivity index is 1.56. The number of para-hydroxylation sites is 2. The highest BCUT2D eigenvalue weighted by Gasteiger charge is 2.71. The number of rotatable bonds is 5. The Bertz CT molecular complexity index is 1720. The van der Waals surface area contributed by atoms with Crippen molar-refractivity contribution in [2.24, 2.45) is 5.41 Å². The molecule has 5 nitrogen and oxygen atoms in total. The Morgan fingerprint density at radius 2 is 1.49 bits per heavy atom. The maximum absolute atomic E-state index is 14.7. The first-order valence-corrected chi connectivity index (χ1v) is 13.7. The van der Waals surface area contributed by atoms with Crippen molar-refractivity contribution in [3.05, 3.63) is 137 Å². The van der Waals surface area contributed by atoms with Gasteiger partial charge in [-0.05, 0) is 48.9 Å². The summed E-state index contributed by atoms with van der Waals surface area (Å²) in [5.74, 6) is -1.74. The molecule has 0 saturated carbocycles. The molecule has 0 radical (unpaired) electrons. The van der Waals surface area contributed by atoms with Gasteiger partial charge in [0.15, 0.2) is 17.3 Å². The lowest BCUT2D eigenvalue weighted by atomic mass is 9.64. The maximum atomic E-state index is 14.7. The van der Waals surface area contributed by atoms with E-state index in [0.717, 1.165) is 11.3 Å². The molecule has 6 heteroatoms. The zero-order chi connectivity index (χ0) is 28.3. The molecule has 4 aromatic carbocycles. The van der Waals surface area contributed by atoms with E-state index in [1.165, 1.54) is 24.3 Å². The molecule has 0 unspecified atom stereocenters. The largest absolute Gasteiger partial charge is 0.494 e. The minimum Gasteiger partial charge on any atom is -0.494 e. The van der Waals surface area contributed by atoms with Crippen LogP contribution < -0.4 is 9.64 Å². The number of nitrogens with zero attached hydrogens (tertiary/aromatic N) is 1. The molecule has 4 aromatic rings. The maximum Gasteiger partial charge on any atom is 0.185 e. The van der Waals surface area contributed by atoms with Crippen LogP contribution in [0.4, 0.5) is 10.1 Å². The number of Topliss-reactive ketones (excluding diaryl/α,β-unsaturated/α-hetero) is 3. The number of benzene rings is 4. The minimum atomic E-state index is -1.62. The summed E-state index contributed by atoms with van der Waals surface area (Å²) in [4.78, 5) is 46.0. The second-order valence-corrected chi connectivity index (χ2v) is 10.6. The van der Waals surface area contributed by atoms with Gasteiger partial charge in [0.05, 0.1) is 12.6 Å². The SMILES string of the molecule is CCOc1ccccc1[C@H]1[C@H](C(=O)c2ccc(F)cc2)N2c3ccccc3C=C[C@H]2C12C(=O)c1ccccc1C2=O. The predicted octanol–water partition coefficient (Wildman–Crippen LogP) is 6.54. The van der Waals surface area contributed by atoms with Crippen molar-refractivity contribution in [2.75, 3.05) is 11.5 Å². The van der Waals surface area contributed by atoms with Crippen molar-refractivity contribution in [1.29, 1.82) is 0 Å². The number of anilines is 1. The summed E-state index contributed by atoms with van der Waals surface area (Å²) in [6.07, 6.45) is 3.82. The summed E-state index contributed by atoms with van der Waals surface area (Å²) < 4.78 is 20.0. The predicted molar refractivity (Wildman–Crippen MR) is 154 cm³/mol. The van der Waals surface area contributed by atoms with Gasteiger partial charge in [0.25, 0.3) is 0 Å². The van der Waals surface area contributed by atoms with Gasteiger partial charge in [-0.15, -0.1) is 0 Å². The van der Waals surface area contributed by atoms with Gasteiger partial charge in [0.2, 0.25) is 0 Å². The highest BCUT2D eigenvalue weighted by molar-refractivity contribution is 6.32. The number of halogens is 1. The van der Waals surface area contributed by atoms with Gasteiger partial charge < -0.3 is 9.64 Å². The molecular formula is C35H26FNO4. The second-order valence-electron chi connectivity index (χ2n) is 10.6. The third-order valence-electron chi connectivity index (χ3n) is 8.66. The molecule has 1 aliphatic carbocycles. The summed E-state index contributed by atoms with van der Waals surface area (Å²) in [7, 11) is 0. The Morgan fingerprint density at radius 1 is 0.854 bits per heavy atom. The number of fused-ring (bicyclic) bond motifs is 5. The van der Waals surface area contributed by atoms with Gasteiger partial charge in [0, 0.05) is 33.9 Å². The van der Waals surface area contributed by atoms with Crippen molar-refractivity contribution in [3.8, 4) is 5.75 Å². The molecule has 202 valence electrons. The molecule has 1 saturated heterocycles. The van der Waals surface area contributed by atoms with Crippen LogP contribution in [0.1, 0.15) is 55.0 Å². The van der Waals surface area contributed by atoms with Gasteiger partial charge in [-0.25, -0.2) is 4.39 Å². The Morgan fingerprint density at radius 3 is 2.20 bits per heavy atom. The van der Waals surface area contributed by atoms with Crippen LogP contribution in [-0.4, -0.2) is 36.0 Å². The van der Waals surface area contributed by atoms with Crippen LogP contribution in [0.3, 0.4) is 0 Å². The third-order valence-corrected chi connectivity index (χ3v) is 8.66. The lowest BCUT2D eigenvalue weighted by molar-refractivity contribution is 0.0664. The summed E-state index contributed by atoms with van der Waals surface area (Å²) in [5.41, 5.74) is 1.65. The topological polar surface area (TPSA) is 63.7 Å². The first kappa shape index (κ1) is 25.1. The number of ketones is 3. The van der Waals surface area contributed by atoms with Crippen molar-refractivity contribution >= 4 is 29.1 Å². The van der Waals surface area contributed by atoms with Crippen molar-refractivity contribution in [2.45, 2.75) is 24.9 Å². The summed E-state index contributed by atoms with van der Waals surface area (Å²) in [6.45, 7) is 2.23. The van der Waals surface area contributed by atoms with E-state index < -0.39 is 29.2 Å². The van der Waals surface area contributed by atoms with Gasteiger partial charge in [-0.3, -0.25) is 14.4 Å². The monoisotopic (exact) mass is 543 g/mol. The Labute approximate surface area is 236 Å². The first-order chi connectivity index (χ1) is 20.0. The normalized spacial score (nSPS) is 21.5. The number of ether oxygens (including phenoxy) is 1. The third kappa shape index (κ3) is 3.43. The molecule has 0 N–H and O–H groups in total. The van der Waals surface area contributed by atoms with Gasteiger partial charge >= 0.3 is 0 Å². The van der Waals surface area contributed by atoms with E-state index in [1.807, 2.05) is 72.5 Å². The standard InChI is InChI=1S/C35H26FNO4/c1-2-41-28-14-8-6-12-26(28)30-31(32(38)22-15-18-23(36)19-16-22)37-27-13-7-3-9-21(27)17-20-29(37)35(30)33(39)24-10-4-5-11-25(24)34(35)40/h3-20,29-31H,2H2,1H3/t29-,30-,31+/m0/s1. The average Bonchev–Trinajstić information content (AvgIpc) is 3.44. The van der Waals surface area contributed by atoms with E-state index in [1.54, 1.807) is 24.3 Å². The number of carbonyl (C=O) groups is 3. The fraction of sp³-hybridized carbons (Fsp3) is 0.171. The van der Waals surface area contributed by atoms with Gasteiger partial charge in [-0.2, -0.15) is 0 Å². The molecule has 2 aliphatic heterocycles. The van der Waals surface area contributed by atoms with E-state index in [4.69, 9.17) is 4.74 Å². The molecule has 1 fully saturated rings. The quantitative estimate of drug-likeness (QED) is 0.211. The van der Waals surface area contributed by atoms with E-state index in [0.29, 0.717) is 34.6 Å². The fourth-order valence-corrected chi connectivity index (χ4v) is 7.07. The lowest BCUT2D eigenvalue weighted by Gasteiger charge is -2.37. The van der Waals surface area contributed by atoms with E-state index in [9.17, 15) is 18.8 Å². The van der Waals surface area contributed by atoms with E-state index in [-0.39, 0.29) is 17.3 Å². The zero-order valence-corrected chi connectivity index (χ0v) is 22.3. The van der Waals surface area contributed by atoms with Crippen LogP contribution in [0.15, 0.2) is 103 Å². The lowest BCUT2D eigenvalue weighted by Crippen LogP contribution is -2.48. The van der Waals surface area contributed by atoms with Gasteiger partial charge in [-0.1, -0.05) is 72.8 Å². The fourth-order valence-electron chi connectivity index (χ4n) is 7.07. The highest BCUT2D eigenvalue weighted by Crippen LogP contribution is 2.61. The minimum absolute atomic E-state index is 0.300. The molecule has 1 spiro atoms. The number of carbonyl (C=O) groups excluding carboxylic acids is 3. The van der Waals surface area contributed by atoms with Crippen LogP contribution in [0.5, 0.6) is 5.75 Å². The smallest absolute Gasteiger partial charge is 0.185 e. The van der Waals surface area contributed by atoms with Crippen molar-refractivity contribution < 1.29 is 23.5 Å². The number of hydrogen-bond acceptors (Lipinski definition) is 5. The van der Waals surface area contributed by atoms with Crippen LogP contribution in [-0.2, 0) is 0 Å². The molecular weight excluding hydrogens is 517 g/mol. The average molecular weight is 544 g/mol. The molecule has 7 rings (SSSR count). The van der Waals surface area contributed by atoms with E-state index >= 15 is 0 Å². The molecule has 0 bridgehead atoms. The second kappa shape index (κ2) is 9.37. The van der Waals surface area contributed by atoms with Crippen LogP contribution in [0.25, 0.3) is 6.08 Å². The van der Waals surface area contributed by atoms with Crippen molar-refractivity contribution in [1.82, 2.24) is 0 Å². The van der Waals surface area contributed by atoms with Gasteiger partial charge in [0.1, 0.15) is 23.0 Å². The first-order valence-electron chi connectivity index (χ1n) is 13.7. The summed E-state index contributed by atoms with van der Waals surface area (Å²) in [6, 6.07) is 25.6. The Kier molecular flexibility index (Phi) is 5.75. The van der Waals surface area contributed by atoms with Crippen LogP contribution >= 0.6 is 0 Å².